The first kappa shape index (κ1) is 13.9. The van der Waals surface area contributed by atoms with Gasteiger partial charge in [0, 0.05) is 37.0 Å². The number of nitrogens with zero attached hydrogens (tertiary/aromatic N) is 2. The summed E-state index contributed by atoms with van der Waals surface area (Å²) in [6.07, 6.45) is 0. The minimum atomic E-state index is -0.250. The van der Waals surface area contributed by atoms with Crippen molar-refractivity contribution in [1.82, 2.24) is 10.2 Å². The Balaban J connectivity index is 1.86. The molecule has 1 aromatic carbocycles. The second kappa shape index (κ2) is 4.87. The molecule has 0 amide bonds. The molecule has 0 aliphatic carbocycles. The standard InChI is InChI=1S/C17H18N4O2/c1-9-13-14(10-4-6-11(7-5-10)21(2)3)15-12(8-23-17(15)22)18-16(13)20-19-9/h4-7,14H,8H2,1-3H3,(H2,18,19,20)/t14-/m0/s1. The predicted molar refractivity (Wildman–Crippen MR) is 87.5 cm³/mol. The summed E-state index contributed by atoms with van der Waals surface area (Å²) in [5, 5.41) is 10.6. The topological polar surface area (TPSA) is 70.2 Å². The van der Waals surface area contributed by atoms with Crippen molar-refractivity contribution in [2.45, 2.75) is 12.8 Å². The normalized spacial score (nSPS) is 19.1. The van der Waals surface area contributed by atoms with Crippen LogP contribution < -0.4 is 10.2 Å². The molecule has 0 saturated heterocycles. The van der Waals surface area contributed by atoms with Gasteiger partial charge in [0.2, 0.25) is 0 Å². The fourth-order valence-corrected chi connectivity index (χ4v) is 3.28. The zero-order valence-corrected chi connectivity index (χ0v) is 13.3. The lowest BCUT2D eigenvalue weighted by Gasteiger charge is -2.24. The zero-order chi connectivity index (χ0) is 16.1. The summed E-state index contributed by atoms with van der Waals surface area (Å²) in [5.74, 6) is 0.382. The van der Waals surface area contributed by atoms with Gasteiger partial charge in [0.1, 0.15) is 6.61 Å². The molecule has 6 heteroatoms. The number of aryl methyl sites for hydroxylation is 1. The van der Waals surface area contributed by atoms with Gasteiger partial charge in [-0.3, -0.25) is 5.10 Å². The number of esters is 1. The zero-order valence-electron chi connectivity index (χ0n) is 13.3. The minimum absolute atomic E-state index is 0.147. The number of aromatic amines is 1. The molecule has 0 bridgehead atoms. The second-order valence-electron chi connectivity index (χ2n) is 6.12. The van der Waals surface area contributed by atoms with E-state index in [0.717, 1.165) is 34.0 Å². The van der Waals surface area contributed by atoms with Crippen molar-refractivity contribution in [2.75, 3.05) is 30.9 Å². The maximum Gasteiger partial charge on any atom is 0.337 e. The van der Waals surface area contributed by atoms with Crippen molar-refractivity contribution in [1.29, 1.82) is 0 Å². The molecule has 0 radical (unpaired) electrons. The van der Waals surface area contributed by atoms with Gasteiger partial charge in [-0.2, -0.15) is 5.10 Å². The molecule has 0 fully saturated rings. The van der Waals surface area contributed by atoms with Crippen molar-refractivity contribution in [2.24, 2.45) is 0 Å². The first-order chi connectivity index (χ1) is 11.1. The lowest BCUT2D eigenvalue weighted by atomic mass is 9.82. The van der Waals surface area contributed by atoms with Crippen LogP contribution >= 0.6 is 0 Å². The number of carbonyl (C=O) groups excluding carboxylic acids is 1. The van der Waals surface area contributed by atoms with Gasteiger partial charge in [-0.05, 0) is 24.6 Å². The smallest absolute Gasteiger partial charge is 0.337 e. The van der Waals surface area contributed by atoms with Gasteiger partial charge in [0.25, 0.3) is 0 Å². The molecule has 6 nitrogen and oxygen atoms in total. The van der Waals surface area contributed by atoms with E-state index in [0.29, 0.717) is 5.57 Å². The summed E-state index contributed by atoms with van der Waals surface area (Å²) in [6, 6.07) is 8.26. The van der Waals surface area contributed by atoms with E-state index in [9.17, 15) is 4.79 Å². The van der Waals surface area contributed by atoms with Gasteiger partial charge >= 0.3 is 5.97 Å². The summed E-state index contributed by atoms with van der Waals surface area (Å²) in [5.41, 5.74) is 5.67. The van der Waals surface area contributed by atoms with Gasteiger partial charge in [0.05, 0.1) is 11.3 Å². The van der Waals surface area contributed by atoms with E-state index in [-0.39, 0.29) is 18.5 Å². The third kappa shape index (κ3) is 2.02. The largest absolute Gasteiger partial charge is 0.456 e. The Morgan fingerprint density at radius 2 is 2.00 bits per heavy atom. The van der Waals surface area contributed by atoms with Gasteiger partial charge in [-0.1, -0.05) is 12.1 Å². The molecule has 3 heterocycles. The molecule has 2 N–H and O–H groups in total. The van der Waals surface area contributed by atoms with E-state index < -0.39 is 0 Å². The number of cyclic esters (lactones) is 1. The van der Waals surface area contributed by atoms with Gasteiger partial charge < -0.3 is 15.0 Å². The van der Waals surface area contributed by atoms with Gasteiger partial charge in [-0.25, -0.2) is 4.79 Å². The van der Waals surface area contributed by atoms with Crippen molar-refractivity contribution in [3.63, 3.8) is 0 Å². The highest BCUT2D eigenvalue weighted by atomic mass is 16.5. The quantitative estimate of drug-likeness (QED) is 0.832. The molecule has 1 atom stereocenters. The summed E-state index contributed by atoms with van der Waals surface area (Å²) >= 11 is 0. The SMILES string of the molecule is Cc1[nH]nc2c1[C@H](c1ccc(N(C)C)cc1)C1=C(COC1=O)N2. The molecular formula is C17H18N4O2. The third-order valence-electron chi connectivity index (χ3n) is 4.48. The summed E-state index contributed by atoms with van der Waals surface area (Å²) in [7, 11) is 4.01. The maximum absolute atomic E-state index is 12.3. The second-order valence-corrected chi connectivity index (χ2v) is 6.12. The first-order valence-electron chi connectivity index (χ1n) is 7.55. The highest BCUT2D eigenvalue weighted by molar-refractivity contribution is 5.97. The molecule has 0 spiro atoms. The molecule has 23 heavy (non-hydrogen) atoms. The minimum Gasteiger partial charge on any atom is -0.456 e. The highest BCUT2D eigenvalue weighted by Gasteiger charge is 2.40. The number of anilines is 2. The Labute approximate surface area is 134 Å². The number of H-pyrrole nitrogens is 1. The van der Waals surface area contributed by atoms with Crippen LogP contribution in [0.1, 0.15) is 22.7 Å². The van der Waals surface area contributed by atoms with Crippen LogP contribution in [0.5, 0.6) is 0 Å². The molecule has 0 unspecified atom stereocenters. The number of rotatable bonds is 2. The van der Waals surface area contributed by atoms with Crippen LogP contribution in [0.2, 0.25) is 0 Å². The Morgan fingerprint density at radius 1 is 1.26 bits per heavy atom. The fourth-order valence-electron chi connectivity index (χ4n) is 3.28. The number of hydrogen-bond donors (Lipinski definition) is 2. The summed E-state index contributed by atoms with van der Waals surface area (Å²) < 4.78 is 5.23. The lowest BCUT2D eigenvalue weighted by Crippen LogP contribution is -2.20. The third-order valence-corrected chi connectivity index (χ3v) is 4.48. The number of ether oxygens (including phenoxy) is 1. The Kier molecular flexibility index (Phi) is 2.94. The average molecular weight is 310 g/mol. The molecule has 4 rings (SSSR count). The molecule has 1 aromatic heterocycles. The average Bonchev–Trinajstić information content (AvgIpc) is 3.10. The number of hydrogen-bond acceptors (Lipinski definition) is 5. The number of nitrogens with one attached hydrogen (secondary N) is 2. The van der Waals surface area contributed by atoms with Crippen LogP contribution in [-0.4, -0.2) is 36.9 Å². The molecule has 2 aliphatic rings. The van der Waals surface area contributed by atoms with Crippen molar-refractivity contribution >= 4 is 17.5 Å². The van der Waals surface area contributed by atoms with E-state index in [1.165, 1.54) is 0 Å². The predicted octanol–water partition coefficient (Wildman–Crippen LogP) is 2.15. The van der Waals surface area contributed by atoms with E-state index in [4.69, 9.17) is 4.74 Å². The number of benzene rings is 1. The van der Waals surface area contributed by atoms with E-state index in [1.54, 1.807) is 0 Å². The van der Waals surface area contributed by atoms with Crippen molar-refractivity contribution < 1.29 is 9.53 Å². The number of fused-ring (bicyclic) bond motifs is 1. The number of carbonyl (C=O) groups is 1. The van der Waals surface area contributed by atoms with E-state index in [2.05, 4.69) is 44.7 Å². The molecular weight excluding hydrogens is 292 g/mol. The Morgan fingerprint density at radius 3 is 2.70 bits per heavy atom. The van der Waals surface area contributed by atoms with Crippen molar-refractivity contribution in [3.05, 3.63) is 52.4 Å². The van der Waals surface area contributed by atoms with Crippen LogP contribution in [0.3, 0.4) is 0 Å². The summed E-state index contributed by atoms with van der Waals surface area (Å²) in [6.45, 7) is 2.26. The fraction of sp³-hybridized carbons (Fsp3) is 0.294. The molecule has 118 valence electrons. The lowest BCUT2D eigenvalue weighted by molar-refractivity contribution is -0.136. The van der Waals surface area contributed by atoms with Crippen molar-refractivity contribution in [3.8, 4) is 0 Å². The molecule has 0 saturated carbocycles. The Hall–Kier alpha value is -2.76. The van der Waals surface area contributed by atoms with Crippen LogP contribution in [-0.2, 0) is 9.53 Å². The Bertz CT molecular complexity index is 818. The molecule has 2 aliphatic heterocycles. The van der Waals surface area contributed by atoms with Crippen LogP contribution in [0.4, 0.5) is 11.5 Å². The first-order valence-corrected chi connectivity index (χ1v) is 7.55. The van der Waals surface area contributed by atoms with Crippen LogP contribution in [0, 0.1) is 6.92 Å². The monoisotopic (exact) mass is 310 g/mol. The summed E-state index contributed by atoms with van der Waals surface area (Å²) in [4.78, 5) is 14.3. The van der Waals surface area contributed by atoms with E-state index in [1.807, 2.05) is 21.0 Å². The van der Waals surface area contributed by atoms with E-state index >= 15 is 0 Å². The van der Waals surface area contributed by atoms with Crippen LogP contribution in [0.25, 0.3) is 0 Å². The number of aromatic nitrogens is 2. The highest BCUT2D eigenvalue weighted by Crippen LogP contribution is 2.44. The molecule has 2 aromatic rings. The maximum atomic E-state index is 12.3. The van der Waals surface area contributed by atoms with Gasteiger partial charge in [-0.15, -0.1) is 0 Å². The van der Waals surface area contributed by atoms with Crippen LogP contribution in [0.15, 0.2) is 35.5 Å². The van der Waals surface area contributed by atoms with Gasteiger partial charge in [0.15, 0.2) is 5.82 Å².